The summed E-state index contributed by atoms with van der Waals surface area (Å²) in [4.78, 5) is 8.42. The number of phenolic OH excluding ortho intramolecular Hbond substituents is 1. The van der Waals surface area contributed by atoms with E-state index in [2.05, 4.69) is 16.9 Å². The van der Waals surface area contributed by atoms with E-state index < -0.39 is 0 Å². The van der Waals surface area contributed by atoms with Crippen LogP contribution in [0.2, 0.25) is 0 Å². The lowest BCUT2D eigenvalue weighted by molar-refractivity contribution is 0.339. The Kier molecular flexibility index (Phi) is 6.58. The van der Waals surface area contributed by atoms with E-state index in [4.69, 9.17) is 20.9 Å². The first-order chi connectivity index (χ1) is 12.0. The van der Waals surface area contributed by atoms with Crippen LogP contribution >= 0.6 is 11.8 Å². The molecule has 0 saturated heterocycles. The molecule has 1 heterocycles. The van der Waals surface area contributed by atoms with Crippen LogP contribution in [0, 0.1) is 0 Å². The number of unbranched alkanes of at least 4 members (excludes halogenated alkanes) is 1. The van der Waals surface area contributed by atoms with E-state index in [0.717, 1.165) is 34.7 Å². The topological polar surface area (TPSA) is 117 Å². The highest BCUT2D eigenvalue weighted by atomic mass is 32.2. The Morgan fingerprint density at radius 1 is 1.12 bits per heavy atom. The van der Waals surface area contributed by atoms with E-state index in [9.17, 15) is 5.11 Å². The second-order valence-electron chi connectivity index (χ2n) is 5.48. The fraction of sp³-hybridized carbons (Fsp3) is 0.412. The summed E-state index contributed by atoms with van der Waals surface area (Å²) in [5.74, 6) is 2.10. The predicted molar refractivity (Wildman–Crippen MR) is 101 cm³/mol. The number of hydrogen-bond donors (Lipinski definition) is 3. The van der Waals surface area contributed by atoms with Crippen molar-refractivity contribution in [1.82, 2.24) is 9.97 Å². The van der Waals surface area contributed by atoms with Crippen LogP contribution in [-0.2, 0) is 6.42 Å². The number of benzene rings is 1. The molecule has 8 heteroatoms. The molecule has 2 aromatic rings. The molecule has 2 rings (SSSR count). The summed E-state index contributed by atoms with van der Waals surface area (Å²) in [7, 11) is 2.98. The molecule has 0 fully saturated rings. The van der Waals surface area contributed by atoms with Gasteiger partial charge in [-0.05, 0) is 29.9 Å². The Bertz CT molecular complexity index is 715. The minimum Gasteiger partial charge on any atom is -0.502 e. The Labute approximate surface area is 151 Å². The van der Waals surface area contributed by atoms with Gasteiger partial charge in [0.1, 0.15) is 10.8 Å². The molecule has 0 bridgehead atoms. The molecule has 0 saturated carbocycles. The Hall–Kier alpha value is -2.35. The second kappa shape index (κ2) is 8.66. The highest BCUT2D eigenvalue weighted by molar-refractivity contribution is 7.99. The predicted octanol–water partition coefficient (Wildman–Crippen LogP) is 2.85. The average molecular weight is 364 g/mol. The summed E-state index contributed by atoms with van der Waals surface area (Å²) in [5.41, 5.74) is 13.5. The maximum atomic E-state index is 10.0. The van der Waals surface area contributed by atoms with Gasteiger partial charge in [0.05, 0.1) is 14.2 Å². The zero-order valence-corrected chi connectivity index (χ0v) is 15.5. The fourth-order valence-electron chi connectivity index (χ4n) is 2.35. The number of thioether (sulfide) groups is 1. The molecule has 0 amide bonds. The molecule has 7 nitrogen and oxygen atoms in total. The zero-order chi connectivity index (χ0) is 18.4. The van der Waals surface area contributed by atoms with Crippen LogP contribution in [0.1, 0.15) is 30.9 Å². The summed E-state index contributed by atoms with van der Waals surface area (Å²) in [6.45, 7) is 2.14. The third-order valence-corrected chi connectivity index (χ3v) is 4.78. The van der Waals surface area contributed by atoms with E-state index in [0.29, 0.717) is 23.7 Å². The SMILES string of the molecule is CCCCSc1nc(N)nc(N)c1Cc1cc(OC)c(O)c(OC)c1. The molecule has 136 valence electrons. The maximum absolute atomic E-state index is 10.0. The number of aromatic nitrogens is 2. The van der Waals surface area contributed by atoms with Crippen LogP contribution in [-0.4, -0.2) is 35.0 Å². The molecule has 0 unspecified atom stereocenters. The van der Waals surface area contributed by atoms with E-state index in [1.54, 1.807) is 23.9 Å². The smallest absolute Gasteiger partial charge is 0.223 e. The van der Waals surface area contributed by atoms with Gasteiger partial charge in [0.2, 0.25) is 11.7 Å². The molecular formula is C17H24N4O3S. The standard InChI is InChI=1S/C17H24N4O3S/c1-4-5-6-25-16-11(15(18)20-17(19)21-16)7-10-8-12(23-2)14(22)13(9-10)24-3/h8-9,22H,4-7H2,1-3H3,(H4,18,19,20,21). The van der Waals surface area contributed by atoms with Crippen LogP contribution in [0.5, 0.6) is 17.2 Å². The van der Waals surface area contributed by atoms with Crippen molar-refractivity contribution >= 4 is 23.5 Å². The summed E-state index contributed by atoms with van der Waals surface area (Å²) in [5, 5.41) is 10.8. The largest absolute Gasteiger partial charge is 0.502 e. The van der Waals surface area contributed by atoms with Crippen LogP contribution < -0.4 is 20.9 Å². The van der Waals surface area contributed by atoms with E-state index in [1.165, 1.54) is 14.2 Å². The Morgan fingerprint density at radius 2 is 1.76 bits per heavy atom. The van der Waals surface area contributed by atoms with Gasteiger partial charge < -0.3 is 26.0 Å². The number of phenols is 1. The number of aromatic hydroxyl groups is 1. The van der Waals surface area contributed by atoms with Crippen LogP contribution in [0.4, 0.5) is 11.8 Å². The maximum Gasteiger partial charge on any atom is 0.223 e. The van der Waals surface area contributed by atoms with Crippen molar-refractivity contribution in [1.29, 1.82) is 0 Å². The van der Waals surface area contributed by atoms with Crippen LogP contribution in [0.25, 0.3) is 0 Å². The summed E-state index contributed by atoms with van der Waals surface area (Å²) < 4.78 is 10.4. The van der Waals surface area contributed by atoms with Gasteiger partial charge in [0.25, 0.3) is 0 Å². The lowest BCUT2D eigenvalue weighted by Gasteiger charge is -2.14. The normalized spacial score (nSPS) is 10.7. The van der Waals surface area contributed by atoms with Gasteiger partial charge in [-0.3, -0.25) is 0 Å². The first kappa shape index (κ1) is 19.0. The van der Waals surface area contributed by atoms with Crippen molar-refractivity contribution in [3.05, 3.63) is 23.3 Å². The first-order valence-corrected chi connectivity index (χ1v) is 8.97. The number of anilines is 2. The third kappa shape index (κ3) is 4.60. The molecule has 0 aliphatic rings. The quantitative estimate of drug-likeness (QED) is 0.372. The van der Waals surface area contributed by atoms with Crippen molar-refractivity contribution in [2.24, 2.45) is 0 Å². The van der Waals surface area contributed by atoms with Gasteiger partial charge in [0, 0.05) is 12.0 Å². The highest BCUT2D eigenvalue weighted by Gasteiger charge is 2.16. The molecule has 0 aliphatic heterocycles. The van der Waals surface area contributed by atoms with Crippen molar-refractivity contribution in [3.8, 4) is 17.2 Å². The van der Waals surface area contributed by atoms with Gasteiger partial charge in [-0.2, -0.15) is 4.98 Å². The number of methoxy groups -OCH3 is 2. The third-order valence-electron chi connectivity index (χ3n) is 3.68. The molecule has 0 aliphatic carbocycles. The van der Waals surface area contributed by atoms with Gasteiger partial charge in [-0.1, -0.05) is 13.3 Å². The molecule has 0 radical (unpaired) electrons. The Balaban J connectivity index is 2.39. The van der Waals surface area contributed by atoms with Gasteiger partial charge in [-0.25, -0.2) is 4.98 Å². The zero-order valence-electron chi connectivity index (χ0n) is 14.7. The molecule has 5 N–H and O–H groups in total. The number of ether oxygens (including phenoxy) is 2. The summed E-state index contributed by atoms with van der Waals surface area (Å²) >= 11 is 1.62. The summed E-state index contributed by atoms with van der Waals surface area (Å²) in [6.07, 6.45) is 2.66. The van der Waals surface area contributed by atoms with Gasteiger partial charge in [0.15, 0.2) is 11.5 Å². The van der Waals surface area contributed by atoms with Crippen molar-refractivity contribution in [3.63, 3.8) is 0 Å². The van der Waals surface area contributed by atoms with E-state index in [-0.39, 0.29) is 11.7 Å². The number of nitrogens with two attached hydrogens (primary N) is 2. The number of nitrogens with zero attached hydrogens (tertiary/aromatic N) is 2. The summed E-state index contributed by atoms with van der Waals surface area (Å²) in [6, 6.07) is 3.49. The molecule has 0 spiro atoms. The van der Waals surface area contributed by atoms with Gasteiger partial charge in [-0.15, -0.1) is 11.8 Å². The molecule has 0 atom stereocenters. The Morgan fingerprint density at radius 3 is 2.32 bits per heavy atom. The minimum absolute atomic E-state index is 0.0344. The minimum atomic E-state index is -0.0344. The number of hydrogen-bond acceptors (Lipinski definition) is 8. The number of rotatable bonds is 8. The molecule has 25 heavy (non-hydrogen) atoms. The van der Waals surface area contributed by atoms with E-state index >= 15 is 0 Å². The van der Waals surface area contributed by atoms with Crippen molar-refractivity contribution in [2.45, 2.75) is 31.2 Å². The van der Waals surface area contributed by atoms with Crippen LogP contribution in [0.15, 0.2) is 17.2 Å². The van der Waals surface area contributed by atoms with E-state index in [1.807, 2.05) is 0 Å². The first-order valence-electron chi connectivity index (χ1n) is 7.98. The van der Waals surface area contributed by atoms with Crippen molar-refractivity contribution in [2.75, 3.05) is 31.4 Å². The molecular weight excluding hydrogens is 340 g/mol. The fourth-order valence-corrected chi connectivity index (χ4v) is 3.49. The van der Waals surface area contributed by atoms with Gasteiger partial charge >= 0.3 is 0 Å². The molecule has 1 aromatic carbocycles. The lowest BCUT2D eigenvalue weighted by atomic mass is 10.1. The van der Waals surface area contributed by atoms with Crippen LogP contribution in [0.3, 0.4) is 0 Å². The average Bonchev–Trinajstić information content (AvgIpc) is 2.59. The molecule has 1 aromatic heterocycles. The number of nitrogen functional groups attached to an aromatic ring is 2. The lowest BCUT2D eigenvalue weighted by Crippen LogP contribution is -2.07. The monoisotopic (exact) mass is 364 g/mol. The highest BCUT2D eigenvalue weighted by Crippen LogP contribution is 2.38. The van der Waals surface area contributed by atoms with Crippen molar-refractivity contribution < 1.29 is 14.6 Å². The second-order valence-corrected chi connectivity index (χ2v) is 6.56.